The first kappa shape index (κ1) is 20.3. The molecule has 0 unspecified atom stereocenters. The summed E-state index contributed by atoms with van der Waals surface area (Å²) in [5.74, 6) is 0.453. The molecule has 0 aliphatic carbocycles. The van der Waals surface area contributed by atoms with E-state index in [9.17, 15) is 14.0 Å². The first-order valence-corrected chi connectivity index (χ1v) is 9.91. The topological polar surface area (TPSA) is 71.1 Å². The second-order valence-corrected chi connectivity index (χ2v) is 7.54. The van der Waals surface area contributed by atoms with Gasteiger partial charge < -0.3 is 14.8 Å². The fourth-order valence-electron chi connectivity index (χ4n) is 3.73. The molecule has 4 rings (SSSR count). The maximum Gasteiger partial charge on any atom is 0.238 e. The summed E-state index contributed by atoms with van der Waals surface area (Å²) < 4.78 is 24.0. The predicted molar refractivity (Wildman–Crippen MR) is 109 cm³/mol. The number of hydrogen-bond acceptors (Lipinski definition) is 6. The highest BCUT2D eigenvalue weighted by Gasteiger charge is 2.22. The number of piperazine rings is 1. The molecule has 8 heteroatoms. The van der Waals surface area contributed by atoms with Crippen LogP contribution in [0.5, 0.6) is 11.5 Å². The Morgan fingerprint density at radius 3 is 2.43 bits per heavy atom. The quantitative estimate of drug-likeness (QED) is 0.734. The Morgan fingerprint density at radius 2 is 1.73 bits per heavy atom. The van der Waals surface area contributed by atoms with Gasteiger partial charge in [0.1, 0.15) is 5.82 Å². The number of rotatable bonds is 6. The summed E-state index contributed by atoms with van der Waals surface area (Å²) in [6.07, 6.45) is 0. The first-order valence-electron chi connectivity index (χ1n) is 9.91. The zero-order chi connectivity index (χ0) is 21.1. The van der Waals surface area contributed by atoms with Crippen LogP contribution in [-0.2, 0) is 11.3 Å². The van der Waals surface area contributed by atoms with Gasteiger partial charge in [-0.2, -0.15) is 0 Å². The highest BCUT2D eigenvalue weighted by molar-refractivity contribution is 6.05. The standard InChI is InChI=1S/C22H24FN3O4/c1-15(27)18-10-20-21(30-14-29-20)11-19(18)24-22(28)13-26-7-5-25(6-8-26)12-16-3-2-4-17(23)9-16/h2-4,9-11H,5-8,12-14H2,1H3,(H,24,28). The predicted octanol–water partition coefficient (Wildman–Crippen LogP) is 2.51. The molecule has 2 aliphatic rings. The number of Topliss-reactive ketones (excluding diaryl/α,β-unsaturated/α-hetero) is 1. The number of amides is 1. The lowest BCUT2D eigenvalue weighted by molar-refractivity contribution is -0.117. The van der Waals surface area contributed by atoms with E-state index in [0.717, 1.165) is 31.7 Å². The molecule has 2 aromatic carbocycles. The van der Waals surface area contributed by atoms with E-state index < -0.39 is 0 Å². The van der Waals surface area contributed by atoms with E-state index in [0.29, 0.717) is 29.3 Å². The third kappa shape index (κ3) is 4.77. The molecular weight excluding hydrogens is 389 g/mol. The van der Waals surface area contributed by atoms with Crippen molar-refractivity contribution in [1.82, 2.24) is 9.80 Å². The summed E-state index contributed by atoms with van der Waals surface area (Å²) in [7, 11) is 0. The molecule has 2 aliphatic heterocycles. The van der Waals surface area contributed by atoms with Crippen molar-refractivity contribution < 1.29 is 23.5 Å². The van der Waals surface area contributed by atoms with Gasteiger partial charge in [-0.05, 0) is 30.7 Å². The highest BCUT2D eigenvalue weighted by Crippen LogP contribution is 2.37. The summed E-state index contributed by atoms with van der Waals surface area (Å²) in [6.45, 7) is 5.55. The largest absolute Gasteiger partial charge is 0.454 e. The zero-order valence-corrected chi connectivity index (χ0v) is 16.8. The number of halogens is 1. The molecule has 7 nitrogen and oxygen atoms in total. The van der Waals surface area contributed by atoms with Gasteiger partial charge in [0.05, 0.1) is 12.2 Å². The molecular formula is C22H24FN3O4. The minimum absolute atomic E-state index is 0.101. The van der Waals surface area contributed by atoms with Crippen molar-refractivity contribution in [3.8, 4) is 11.5 Å². The van der Waals surface area contributed by atoms with Crippen LogP contribution < -0.4 is 14.8 Å². The SMILES string of the molecule is CC(=O)c1cc2c(cc1NC(=O)CN1CCN(Cc3cccc(F)c3)CC1)OCO2. The van der Waals surface area contributed by atoms with Gasteiger partial charge in [0, 0.05) is 44.4 Å². The smallest absolute Gasteiger partial charge is 0.238 e. The van der Waals surface area contributed by atoms with Gasteiger partial charge >= 0.3 is 0 Å². The molecule has 0 atom stereocenters. The fraction of sp³-hybridized carbons (Fsp3) is 0.364. The molecule has 1 amide bonds. The third-order valence-electron chi connectivity index (χ3n) is 5.29. The van der Waals surface area contributed by atoms with Crippen LogP contribution in [0.1, 0.15) is 22.8 Å². The molecule has 0 spiro atoms. The lowest BCUT2D eigenvalue weighted by Crippen LogP contribution is -2.48. The Hall–Kier alpha value is -2.97. The van der Waals surface area contributed by atoms with E-state index >= 15 is 0 Å². The summed E-state index contributed by atoms with van der Waals surface area (Å²) in [6, 6.07) is 9.87. The summed E-state index contributed by atoms with van der Waals surface area (Å²) in [4.78, 5) is 28.8. The maximum atomic E-state index is 13.4. The number of nitrogens with zero attached hydrogens (tertiary/aromatic N) is 2. The lowest BCUT2D eigenvalue weighted by atomic mass is 10.1. The Labute approximate surface area is 174 Å². The van der Waals surface area contributed by atoms with Gasteiger partial charge in [0.2, 0.25) is 12.7 Å². The summed E-state index contributed by atoms with van der Waals surface area (Å²) in [5.41, 5.74) is 1.77. The lowest BCUT2D eigenvalue weighted by Gasteiger charge is -2.34. The average Bonchev–Trinajstić information content (AvgIpc) is 3.16. The number of carbonyl (C=O) groups is 2. The molecule has 1 fully saturated rings. The van der Waals surface area contributed by atoms with Crippen molar-refractivity contribution in [3.63, 3.8) is 0 Å². The number of fused-ring (bicyclic) bond motifs is 1. The van der Waals surface area contributed by atoms with E-state index in [1.807, 2.05) is 6.07 Å². The van der Waals surface area contributed by atoms with E-state index in [2.05, 4.69) is 15.1 Å². The van der Waals surface area contributed by atoms with Crippen LogP contribution in [0.3, 0.4) is 0 Å². The molecule has 2 aromatic rings. The van der Waals surface area contributed by atoms with Crippen molar-refractivity contribution in [2.75, 3.05) is 44.8 Å². The van der Waals surface area contributed by atoms with Crippen molar-refractivity contribution in [3.05, 3.63) is 53.3 Å². The number of ketones is 1. The van der Waals surface area contributed by atoms with Crippen LogP contribution >= 0.6 is 0 Å². The van der Waals surface area contributed by atoms with Crippen molar-refractivity contribution in [1.29, 1.82) is 0 Å². The van der Waals surface area contributed by atoms with Crippen LogP contribution in [0.15, 0.2) is 36.4 Å². The van der Waals surface area contributed by atoms with Gasteiger partial charge in [-0.1, -0.05) is 12.1 Å². The number of benzene rings is 2. The van der Waals surface area contributed by atoms with Crippen LogP contribution in [0.2, 0.25) is 0 Å². The summed E-state index contributed by atoms with van der Waals surface area (Å²) in [5, 5.41) is 2.83. The molecule has 1 N–H and O–H groups in total. The summed E-state index contributed by atoms with van der Waals surface area (Å²) >= 11 is 0. The molecule has 0 saturated carbocycles. The van der Waals surface area contributed by atoms with E-state index in [-0.39, 0.29) is 30.8 Å². The number of ether oxygens (including phenoxy) is 2. The van der Waals surface area contributed by atoms with Crippen LogP contribution in [0, 0.1) is 5.82 Å². The second-order valence-electron chi connectivity index (χ2n) is 7.54. The van der Waals surface area contributed by atoms with Gasteiger partial charge in [-0.15, -0.1) is 0 Å². The van der Waals surface area contributed by atoms with Crippen molar-refractivity contribution >= 4 is 17.4 Å². The van der Waals surface area contributed by atoms with Gasteiger partial charge in [-0.3, -0.25) is 19.4 Å². The Balaban J connectivity index is 1.31. The number of carbonyl (C=O) groups excluding carboxylic acids is 2. The molecule has 30 heavy (non-hydrogen) atoms. The van der Waals surface area contributed by atoms with Crippen LogP contribution in [0.25, 0.3) is 0 Å². The van der Waals surface area contributed by atoms with Crippen molar-refractivity contribution in [2.45, 2.75) is 13.5 Å². The van der Waals surface area contributed by atoms with Gasteiger partial charge in [0.15, 0.2) is 17.3 Å². The minimum atomic E-state index is -0.226. The fourth-order valence-corrected chi connectivity index (χ4v) is 3.73. The van der Waals surface area contributed by atoms with Gasteiger partial charge in [0.25, 0.3) is 0 Å². The Morgan fingerprint density at radius 1 is 1.03 bits per heavy atom. The van der Waals surface area contributed by atoms with Crippen LogP contribution in [0.4, 0.5) is 10.1 Å². The monoisotopic (exact) mass is 413 g/mol. The second kappa shape index (κ2) is 8.81. The highest BCUT2D eigenvalue weighted by atomic mass is 19.1. The first-order chi connectivity index (χ1) is 14.5. The van der Waals surface area contributed by atoms with Crippen molar-refractivity contribution in [2.24, 2.45) is 0 Å². The van der Waals surface area contributed by atoms with E-state index in [1.54, 1.807) is 24.3 Å². The molecule has 2 heterocycles. The average molecular weight is 413 g/mol. The van der Waals surface area contributed by atoms with Crippen LogP contribution in [-0.4, -0.2) is 61.0 Å². The molecule has 0 radical (unpaired) electrons. The van der Waals surface area contributed by atoms with Gasteiger partial charge in [-0.25, -0.2) is 4.39 Å². The molecule has 0 bridgehead atoms. The third-order valence-corrected chi connectivity index (χ3v) is 5.29. The Bertz CT molecular complexity index is 957. The number of anilines is 1. The maximum absolute atomic E-state index is 13.4. The normalized spacial score (nSPS) is 16.5. The number of hydrogen-bond donors (Lipinski definition) is 1. The molecule has 158 valence electrons. The zero-order valence-electron chi connectivity index (χ0n) is 16.8. The molecule has 0 aromatic heterocycles. The Kier molecular flexibility index (Phi) is 5.96. The van der Waals surface area contributed by atoms with E-state index in [1.165, 1.54) is 13.0 Å². The number of nitrogens with one attached hydrogen (secondary N) is 1. The van der Waals surface area contributed by atoms with E-state index in [4.69, 9.17) is 9.47 Å². The molecule has 1 saturated heterocycles. The minimum Gasteiger partial charge on any atom is -0.454 e.